The fourth-order valence-electron chi connectivity index (χ4n) is 2.12. The van der Waals surface area contributed by atoms with E-state index < -0.39 is 0 Å². The van der Waals surface area contributed by atoms with Crippen molar-refractivity contribution >= 4 is 27.6 Å². The van der Waals surface area contributed by atoms with Gasteiger partial charge in [-0.15, -0.1) is 0 Å². The Balaban J connectivity index is 2.03. The van der Waals surface area contributed by atoms with Crippen LogP contribution in [0.5, 0.6) is 0 Å². The van der Waals surface area contributed by atoms with Gasteiger partial charge in [0, 0.05) is 12.6 Å². The van der Waals surface area contributed by atoms with Crippen LogP contribution < -0.4 is 10.6 Å². The molecule has 21 heavy (non-hydrogen) atoms. The van der Waals surface area contributed by atoms with Crippen LogP contribution in [-0.2, 0) is 6.42 Å². The van der Waals surface area contributed by atoms with Gasteiger partial charge in [-0.3, -0.25) is 0 Å². The topological polar surface area (TPSA) is 49.8 Å². The van der Waals surface area contributed by atoms with E-state index in [0.717, 1.165) is 29.0 Å². The van der Waals surface area contributed by atoms with Gasteiger partial charge in [0.15, 0.2) is 0 Å². The van der Waals surface area contributed by atoms with Gasteiger partial charge in [0.05, 0.1) is 0 Å². The van der Waals surface area contributed by atoms with Crippen LogP contribution in [0.3, 0.4) is 0 Å². The van der Waals surface area contributed by atoms with Crippen LogP contribution in [0.15, 0.2) is 41.1 Å². The summed E-state index contributed by atoms with van der Waals surface area (Å²) < 4.78 is 0.861. The van der Waals surface area contributed by atoms with Crippen molar-refractivity contribution in [2.24, 2.45) is 0 Å². The van der Waals surface area contributed by atoms with E-state index in [1.54, 1.807) is 6.33 Å². The molecule has 0 saturated heterocycles. The van der Waals surface area contributed by atoms with Crippen molar-refractivity contribution in [3.05, 3.63) is 46.7 Å². The van der Waals surface area contributed by atoms with Gasteiger partial charge in [-0.05, 0) is 48.2 Å². The predicted octanol–water partition coefficient (Wildman–Crippen LogP) is 4.10. The molecule has 1 heterocycles. The maximum absolute atomic E-state index is 4.32. The number of nitrogens with zero attached hydrogens (tertiary/aromatic N) is 2. The normalized spacial score (nSPS) is 11.2. The fourth-order valence-corrected chi connectivity index (χ4v) is 2.62. The monoisotopic (exact) mass is 348 g/mol. The third kappa shape index (κ3) is 4.43. The Kier molecular flexibility index (Phi) is 5.17. The summed E-state index contributed by atoms with van der Waals surface area (Å²) in [6, 6.07) is 10.5. The Hall–Kier alpha value is -1.62. The van der Waals surface area contributed by atoms with Gasteiger partial charge in [0.1, 0.15) is 22.4 Å². The Morgan fingerprint density at radius 1 is 1.10 bits per heavy atom. The molecule has 4 nitrogen and oxygen atoms in total. The van der Waals surface area contributed by atoms with Crippen LogP contribution in [0.4, 0.5) is 11.6 Å². The number of benzene rings is 1. The molecule has 0 amide bonds. The van der Waals surface area contributed by atoms with E-state index in [2.05, 4.69) is 74.6 Å². The predicted molar refractivity (Wildman–Crippen MR) is 91.7 cm³/mol. The van der Waals surface area contributed by atoms with E-state index in [-0.39, 0.29) is 5.54 Å². The minimum atomic E-state index is -0.0578. The van der Waals surface area contributed by atoms with Crippen LogP contribution in [0.25, 0.3) is 0 Å². The molecule has 0 saturated carbocycles. The van der Waals surface area contributed by atoms with E-state index in [1.165, 1.54) is 5.56 Å². The third-order valence-corrected chi connectivity index (χ3v) is 4.12. The first kappa shape index (κ1) is 15.8. The largest absolute Gasteiger partial charge is 0.372 e. The molecule has 0 unspecified atom stereocenters. The van der Waals surface area contributed by atoms with Crippen LogP contribution in [-0.4, -0.2) is 22.6 Å². The SMILES string of the molecule is CNc1ncnc(NC(C)(C)CCc2ccccc2)c1Br. The molecule has 2 aromatic rings. The lowest BCUT2D eigenvalue weighted by molar-refractivity contribution is 0.516. The number of rotatable bonds is 6. The first-order chi connectivity index (χ1) is 10.0. The Bertz CT molecular complexity index is 584. The molecule has 0 aliphatic heterocycles. The highest BCUT2D eigenvalue weighted by Crippen LogP contribution is 2.29. The molecule has 0 spiro atoms. The van der Waals surface area contributed by atoms with Crippen LogP contribution >= 0.6 is 15.9 Å². The standard InChI is InChI=1S/C16H21BrN4/c1-16(2,10-9-12-7-5-4-6-8-12)21-15-13(17)14(18-3)19-11-20-15/h4-8,11H,9-10H2,1-3H3,(H2,18,19,20,21). The lowest BCUT2D eigenvalue weighted by Gasteiger charge is -2.27. The molecule has 0 aliphatic carbocycles. The zero-order valence-electron chi connectivity index (χ0n) is 12.7. The minimum Gasteiger partial charge on any atom is -0.372 e. The summed E-state index contributed by atoms with van der Waals surface area (Å²) in [6.45, 7) is 4.37. The molecular weight excluding hydrogens is 328 g/mol. The zero-order chi connectivity index (χ0) is 15.3. The van der Waals surface area contributed by atoms with Crippen molar-refractivity contribution < 1.29 is 0 Å². The van der Waals surface area contributed by atoms with Gasteiger partial charge >= 0.3 is 0 Å². The molecule has 0 bridgehead atoms. The number of anilines is 2. The van der Waals surface area contributed by atoms with Gasteiger partial charge < -0.3 is 10.6 Å². The van der Waals surface area contributed by atoms with Gasteiger partial charge in [-0.2, -0.15) is 0 Å². The summed E-state index contributed by atoms with van der Waals surface area (Å²) in [6.07, 6.45) is 3.61. The lowest BCUT2D eigenvalue weighted by atomic mass is 9.95. The highest BCUT2D eigenvalue weighted by Gasteiger charge is 2.20. The molecule has 0 aliphatic rings. The van der Waals surface area contributed by atoms with Gasteiger partial charge in [-0.1, -0.05) is 30.3 Å². The second-order valence-electron chi connectivity index (χ2n) is 5.63. The van der Waals surface area contributed by atoms with Gasteiger partial charge in [0.2, 0.25) is 0 Å². The summed E-state index contributed by atoms with van der Waals surface area (Å²) in [5.41, 5.74) is 1.29. The summed E-state index contributed by atoms with van der Waals surface area (Å²) in [5.74, 6) is 1.60. The van der Waals surface area contributed by atoms with Crippen molar-refractivity contribution in [2.45, 2.75) is 32.2 Å². The zero-order valence-corrected chi connectivity index (χ0v) is 14.2. The third-order valence-electron chi connectivity index (χ3n) is 3.36. The van der Waals surface area contributed by atoms with E-state index in [1.807, 2.05) is 13.1 Å². The smallest absolute Gasteiger partial charge is 0.146 e. The molecule has 0 fully saturated rings. The Labute approximate surface area is 134 Å². The molecule has 1 aromatic carbocycles. The second-order valence-corrected chi connectivity index (χ2v) is 6.42. The van der Waals surface area contributed by atoms with E-state index in [4.69, 9.17) is 0 Å². The quantitative estimate of drug-likeness (QED) is 0.824. The highest BCUT2D eigenvalue weighted by atomic mass is 79.9. The number of hydrogen-bond donors (Lipinski definition) is 2. The van der Waals surface area contributed by atoms with E-state index >= 15 is 0 Å². The second kappa shape index (κ2) is 6.89. The average Bonchev–Trinajstić information content (AvgIpc) is 2.48. The number of halogens is 1. The van der Waals surface area contributed by atoms with Crippen LogP contribution in [0, 0.1) is 0 Å². The number of nitrogens with one attached hydrogen (secondary N) is 2. The van der Waals surface area contributed by atoms with Crippen molar-refractivity contribution in [3.63, 3.8) is 0 Å². The van der Waals surface area contributed by atoms with Crippen molar-refractivity contribution in [1.29, 1.82) is 0 Å². The molecule has 0 atom stereocenters. The highest BCUT2D eigenvalue weighted by molar-refractivity contribution is 9.10. The number of aromatic nitrogens is 2. The molecule has 2 N–H and O–H groups in total. The summed E-state index contributed by atoms with van der Waals surface area (Å²) in [4.78, 5) is 8.49. The summed E-state index contributed by atoms with van der Waals surface area (Å²) >= 11 is 3.54. The number of aryl methyl sites for hydroxylation is 1. The molecule has 2 rings (SSSR count). The molecule has 1 aromatic heterocycles. The lowest BCUT2D eigenvalue weighted by Crippen LogP contribution is -2.32. The first-order valence-electron chi connectivity index (χ1n) is 7.02. The fraction of sp³-hybridized carbons (Fsp3) is 0.375. The van der Waals surface area contributed by atoms with E-state index in [9.17, 15) is 0 Å². The van der Waals surface area contributed by atoms with Gasteiger partial charge in [0.25, 0.3) is 0 Å². The van der Waals surface area contributed by atoms with Crippen LogP contribution in [0.1, 0.15) is 25.8 Å². The Morgan fingerprint density at radius 2 is 1.76 bits per heavy atom. The minimum absolute atomic E-state index is 0.0578. The summed E-state index contributed by atoms with van der Waals surface area (Å²) in [7, 11) is 1.84. The molecule has 0 radical (unpaired) electrons. The van der Waals surface area contributed by atoms with Crippen molar-refractivity contribution in [1.82, 2.24) is 9.97 Å². The van der Waals surface area contributed by atoms with Gasteiger partial charge in [-0.25, -0.2) is 9.97 Å². The molecule has 5 heteroatoms. The van der Waals surface area contributed by atoms with Crippen molar-refractivity contribution in [2.75, 3.05) is 17.7 Å². The first-order valence-corrected chi connectivity index (χ1v) is 7.81. The number of hydrogen-bond acceptors (Lipinski definition) is 4. The van der Waals surface area contributed by atoms with Crippen molar-refractivity contribution in [3.8, 4) is 0 Å². The summed E-state index contributed by atoms with van der Waals surface area (Å²) in [5, 5.41) is 6.53. The maximum atomic E-state index is 4.32. The Morgan fingerprint density at radius 3 is 2.43 bits per heavy atom. The molecule has 112 valence electrons. The van der Waals surface area contributed by atoms with E-state index in [0.29, 0.717) is 0 Å². The maximum Gasteiger partial charge on any atom is 0.146 e. The van der Waals surface area contributed by atoms with Crippen LogP contribution in [0.2, 0.25) is 0 Å². The molecular formula is C16H21BrN4. The average molecular weight is 349 g/mol.